The number of methoxy groups -OCH3 is 1. The number of hydrogen-bond acceptors (Lipinski definition) is 7. The maximum atomic E-state index is 12.4. The summed E-state index contributed by atoms with van der Waals surface area (Å²) in [5, 5.41) is 4.79. The molecule has 0 N–H and O–H groups in total. The van der Waals surface area contributed by atoms with Gasteiger partial charge in [-0.3, -0.25) is 0 Å². The Kier molecular flexibility index (Phi) is 4.33. The van der Waals surface area contributed by atoms with Crippen molar-refractivity contribution in [1.29, 1.82) is 0 Å². The topological polar surface area (TPSA) is 87.6 Å². The van der Waals surface area contributed by atoms with Crippen LogP contribution in [0, 0.1) is 6.92 Å². The molecular formula is C20H16N2O5. The van der Waals surface area contributed by atoms with E-state index in [0.717, 1.165) is 10.9 Å². The third-order valence-electron chi connectivity index (χ3n) is 4.17. The van der Waals surface area contributed by atoms with Crippen LogP contribution in [0.3, 0.4) is 0 Å². The van der Waals surface area contributed by atoms with Gasteiger partial charge in [0, 0.05) is 10.9 Å². The monoisotopic (exact) mass is 364 g/mol. The number of ether oxygens (including phenoxy) is 2. The third-order valence-corrected chi connectivity index (χ3v) is 4.17. The van der Waals surface area contributed by atoms with Gasteiger partial charge in [-0.2, -0.15) is 4.98 Å². The second kappa shape index (κ2) is 6.95. The van der Waals surface area contributed by atoms with E-state index >= 15 is 0 Å². The Bertz CT molecular complexity index is 1110. The Labute approximate surface area is 154 Å². The lowest BCUT2D eigenvalue weighted by Gasteiger charge is -2.03. The molecule has 2 aromatic carbocycles. The molecule has 0 atom stereocenters. The standard InChI is InChI=1S/C20H16N2O5/c1-12-13-7-3-6-10-16(13)26-18(12)20(23)25-11-17-21-19(22-27-17)14-8-4-5-9-15(14)24-2/h3-10H,11H2,1-2H3. The maximum Gasteiger partial charge on any atom is 0.375 e. The van der Waals surface area contributed by atoms with Gasteiger partial charge in [-0.05, 0) is 25.1 Å². The van der Waals surface area contributed by atoms with Gasteiger partial charge in [0.1, 0.15) is 11.3 Å². The number of esters is 1. The summed E-state index contributed by atoms with van der Waals surface area (Å²) >= 11 is 0. The van der Waals surface area contributed by atoms with Crippen LogP contribution in [0.15, 0.2) is 57.5 Å². The number of benzene rings is 2. The lowest BCUT2D eigenvalue weighted by Crippen LogP contribution is -2.05. The second-order valence-corrected chi connectivity index (χ2v) is 5.84. The number of nitrogens with zero attached hydrogens (tertiary/aromatic N) is 2. The fourth-order valence-electron chi connectivity index (χ4n) is 2.81. The van der Waals surface area contributed by atoms with Crippen LogP contribution in [0.5, 0.6) is 5.75 Å². The highest BCUT2D eigenvalue weighted by Crippen LogP contribution is 2.28. The molecule has 0 aliphatic heterocycles. The van der Waals surface area contributed by atoms with Gasteiger partial charge in [-0.25, -0.2) is 4.79 Å². The van der Waals surface area contributed by atoms with Crippen molar-refractivity contribution in [2.75, 3.05) is 7.11 Å². The normalized spacial score (nSPS) is 10.9. The summed E-state index contributed by atoms with van der Waals surface area (Å²) in [6.07, 6.45) is 0. The predicted octanol–water partition coefficient (Wildman–Crippen LogP) is 4.16. The lowest BCUT2D eigenvalue weighted by atomic mass is 10.1. The molecule has 2 heterocycles. The van der Waals surface area contributed by atoms with Crippen molar-refractivity contribution < 1.29 is 23.2 Å². The molecule has 4 rings (SSSR count). The maximum absolute atomic E-state index is 12.4. The third kappa shape index (κ3) is 3.15. The zero-order chi connectivity index (χ0) is 18.8. The second-order valence-electron chi connectivity index (χ2n) is 5.84. The molecule has 7 nitrogen and oxygen atoms in total. The lowest BCUT2D eigenvalue weighted by molar-refractivity contribution is 0.0395. The fourth-order valence-corrected chi connectivity index (χ4v) is 2.81. The Morgan fingerprint density at radius 2 is 1.89 bits per heavy atom. The Hall–Kier alpha value is -3.61. The molecule has 0 saturated carbocycles. The van der Waals surface area contributed by atoms with Crippen molar-refractivity contribution in [3.63, 3.8) is 0 Å². The number of rotatable bonds is 5. The van der Waals surface area contributed by atoms with Gasteiger partial charge < -0.3 is 18.4 Å². The summed E-state index contributed by atoms with van der Waals surface area (Å²) < 4.78 is 21.3. The SMILES string of the molecule is COc1ccccc1-c1noc(COC(=O)c2oc3ccccc3c2C)n1. The summed E-state index contributed by atoms with van der Waals surface area (Å²) in [7, 11) is 1.57. The molecule has 0 aliphatic carbocycles. The van der Waals surface area contributed by atoms with Gasteiger partial charge in [0.2, 0.25) is 11.6 Å². The molecule has 0 spiro atoms. The van der Waals surface area contributed by atoms with Crippen molar-refractivity contribution in [3.05, 3.63) is 65.7 Å². The summed E-state index contributed by atoms with van der Waals surface area (Å²) in [6, 6.07) is 14.7. The van der Waals surface area contributed by atoms with Crippen LogP contribution in [0.4, 0.5) is 0 Å². The number of hydrogen-bond donors (Lipinski definition) is 0. The molecule has 7 heteroatoms. The number of para-hydroxylation sites is 2. The van der Waals surface area contributed by atoms with Crippen LogP contribution in [0.2, 0.25) is 0 Å². The van der Waals surface area contributed by atoms with E-state index in [2.05, 4.69) is 10.1 Å². The van der Waals surface area contributed by atoms with Gasteiger partial charge in [0.25, 0.3) is 5.89 Å². The number of aryl methyl sites for hydroxylation is 1. The highest BCUT2D eigenvalue weighted by molar-refractivity contribution is 5.95. The highest BCUT2D eigenvalue weighted by Gasteiger charge is 2.20. The van der Waals surface area contributed by atoms with Gasteiger partial charge >= 0.3 is 5.97 Å². The number of fused-ring (bicyclic) bond motifs is 1. The van der Waals surface area contributed by atoms with Gasteiger partial charge in [0.15, 0.2) is 6.61 Å². The predicted molar refractivity (Wildman–Crippen MR) is 96.4 cm³/mol. The molecule has 4 aromatic rings. The molecule has 136 valence electrons. The number of carbonyl (C=O) groups excluding carboxylic acids is 1. The molecule has 27 heavy (non-hydrogen) atoms. The first-order chi connectivity index (χ1) is 13.2. The molecule has 0 saturated heterocycles. The van der Waals surface area contributed by atoms with E-state index in [-0.39, 0.29) is 18.3 Å². The van der Waals surface area contributed by atoms with Crippen molar-refractivity contribution in [1.82, 2.24) is 10.1 Å². The summed E-state index contributed by atoms with van der Waals surface area (Å²) in [4.78, 5) is 16.6. The van der Waals surface area contributed by atoms with E-state index in [4.69, 9.17) is 18.4 Å². The molecule has 0 amide bonds. The first kappa shape index (κ1) is 16.8. The van der Waals surface area contributed by atoms with E-state index < -0.39 is 5.97 Å². The van der Waals surface area contributed by atoms with Gasteiger partial charge in [-0.15, -0.1) is 0 Å². The molecule has 0 aliphatic rings. The first-order valence-electron chi connectivity index (χ1n) is 8.28. The summed E-state index contributed by atoms with van der Waals surface area (Å²) in [5.41, 5.74) is 2.06. The Balaban J connectivity index is 1.50. The van der Waals surface area contributed by atoms with Crippen LogP contribution in [0.1, 0.15) is 22.0 Å². The van der Waals surface area contributed by atoms with Crippen molar-refractivity contribution >= 4 is 16.9 Å². The van der Waals surface area contributed by atoms with E-state index in [9.17, 15) is 4.79 Å². The average Bonchev–Trinajstić information content (AvgIpc) is 3.31. The quantitative estimate of drug-likeness (QED) is 0.491. The Morgan fingerprint density at radius 1 is 1.11 bits per heavy atom. The molecule has 0 radical (unpaired) electrons. The fraction of sp³-hybridized carbons (Fsp3) is 0.150. The van der Waals surface area contributed by atoms with E-state index in [1.165, 1.54) is 0 Å². The average molecular weight is 364 g/mol. The molecule has 0 fully saturated rings. The molecule has 0 bridgehead atoms. The smallest absolute Gasteiger partial charge is 0.375 e. The Morgan fingerprint density at radius 3 is 2.70 bits per heavy atom. The van der Waals surface area contributed by atoms with Gasteiger partial charge in [-0.1, -0.05) is 35.5 Å². The van der Waals surface area contributed by atoms with E-state index in [1.54, 1.807) is 19.2 Å². The zero-order valence-electron chi connectivity index (χ0n) is 14.8. The first-order valence-corrected chi connectivity index (χ1v) is 8.28. The van der Waals surface area contributed by atoms with E-state index in [1.807, 2.05) is 43.3 Å². The zero-order valence-corrected chi connectivity index (χ0v) is 14.8. The molecular weight excluding hydrogens is 348 g/mol. The largest absolute Gasteiger partial charge is 0.496 e. The van der Waals surface area contributed by atoms with Crippen molar-refractivity contribution in [2.45, 2.75) is 13.5 Å². The summed E-state index contributed by atoms with van der Waals surface area (Å²) in [5.74, 6) is 0.748. The number of furan rings is 1. The summed E-state index contributed by atoms with van der Waals surface area (Å²) in [6.45, 7) is 1.66. The van der Waals surface area contributed by atoms with Crippen LogP contribution < -0.4 is 4.74 Å². The minimum Gasteiger partial charge on any atom is -0.496 e. The van der Waals surface area contributed by atoms with Crippen LogP contribution in [0.25, 0.3) is 22.4 Å². The highest BCUT2D eigenvalue weighted by atomic mass is 16.6. The molecule has 0 unspecified atom stereocenters. The number of carbonyl (C=O) groups is 1. The van der Waals surface area contributed by atoms with Crippen LogP contribution in [-0.4, -0.2) is 23.2 Å². The number of aromatic nitrogens is 2. The van der Waals surface area contributed by atoms with Crippen molar-refractivity contribution in [2.24, 2.45) is 0 Å². The minimum absolute atomic E-state index is 0.155. The van der Waals surface area contributed by atoms with E-state index in [0.29, 0.717) is 22.7 Å². The van der Waals surface area contributed by atoms with Gasteiger partial charge in [0.05, 0.1) is 12.7 Å². The molecule has 2 aromatic heterocycles. The minimum atomic E-state index is -0.583. The van der Waals surface area contributed by atoms with Crippen molar-refractivity contribution in [3.8, 4) is 17.1 Å². The van der Waals surface area contributed by atoms with Crippen LogP contribution >= 0.6 is 0 Å². The van der Waals surface area contributed by atoms with Crippen LogP contribution in [-0.2, 0) is 11.3 Å².